The second-order valence-corrected chi connectivity index (χ2v) is 6.72. The summed E-state index contributed by atoms with van der Waals surface area (Å²) in [4.78, 5) is 0. The van der Waals surface area contributed by atoms with Gasteiger partial charge in [-0.25, -0.2) is 0 Å². The monoisotopic (exact) mass is 327 g/mol. The molecular formula is C15H19Cl2N3O. The molecule has 2 rings (SSSR count). The van der Waals surface area contributed by atoms with Gasteiger partial charge >= 0.3 is 0 Å². The number of benzene rings is 1. The first-order chi connectivity index (χ1) is 9.85. The van der Waals surface area contributed by atoms with Crippen LogP contribution < -0.4 is 5.32 Å². The predicted molar refractivity (Wildman–Crippen MR) is 85.8 cm³/mol. The van der Waals surface area contributed by atoms with E-state index in [1.165, 1.54) is 0 Å². The van der Waals surface area contributed by atoms with Gasteiger partial charge in [0.15, 0.2) is 0 Å². The summed E-state index contributed by atoms with van der Waals surface area (Å²) in [6.07, 6.45) is 1.69. The van der Waals surface area contributed by atoms with E-state index in [1.807, 2.05) is 6.07 Å². The van der Waals surface area contributed by atoms with Gasteiger partial charge in [0.2, 0.25) is 11.8 Å². The van der Waals surface area contributed by atoms with Crippen molar-refractivity contribution in [2.24, 2.45) is 0 Å². The molecule has 0 radical (unpaired) electrons. The van der Waals surface area contributed by atoms with Crippen molar-refractivity contribution >= 4 is 23.2 Å². The van der Waals surface area contributed by atoms with Crippen molar-refractivity contribution < 1.29 is 4.42 Å². The topological polar surface area (TPSA) is 51.0 Å². The molecule has 4 nitrogen and oxygen atoms in total. The van der Waals surface area contributed by atoms with Crippen LogP contribution in [0.3, 0.4) is 0 Å². The molecule has 0 fully saturated rings. The van der Waals surface area contributed by atoms with Crippen molar-refractivity contribution in [3.8, 4) is 11.5 Å². The van der Waals surface area contributed by atoms with Gasteiger partial charge in [-0.05, 0) is 51.9 Å². The van der Waals surface area contributed by atoms with Crippen LogP contribution >= 0.6 is 23.2 Å². The Kier molecular flexibility index (Phi) is 5.25. The summed E-state index contributed by atoms with van der Waals surface area (Å²) in [6.45, 7) is 7.33. The minimum absolute atomic E-state index is 0.125. The fourth-order valence-electron chi connectivity index (χ4n) is 1.80. The Balaban J connectivity index is 1.93. The minimum Gasteiger partial charge on any atom is -0.421 e. The number of rotatable bonds is 5. The molecule has 0 unspecified atom stereocenters. The van der Waals surface area contributed by atoms with Crippen LogP contribution in [-0.4, -0.2) is 22.3 Å². The van der Waals surface area contributed by atoms with Crippen LogP contribution in [0.1, 0.15) is 33.1 Å². The van der Waals surface area contributed by atoms with Crippen LogP contribution in [0, 0.1) is 0 Å². The summed E-state index contributed by atoms with van der Waals surface area (Å²) < 4.78 is 5.65. The number of nitrogens with one attached hydrogen (secondary N) is 1. The lowest BCUT2D eigenvalue weighted by molar-refractivity contribution is 0.412. The minimum atomic E-state index is 0.125. The van der Waals surface area contributed by atoms with E-state index in [0.717, 1.165) is 24.9 Å². The van der Waals surface area contributed by atoms with Gasteiger partial charge < -0.3 is 9.73 Å². The highest BCUT2D eigenvalue weighted by atomic mass is 35.5. The molecule has 6 heteroatoms. The number of hydrogen-bond acceptors (Lipinski definition) is 4. The van der Waals surface area contributed by atoms with E-state index in [-0.39, 0.29) is 5.54 Å². The van der Waals surface area contributed by atoms with Gasteiger partial charge in [-0.3, -0.25) is 0 Å². The molecule has 114 valence electrons. The van der Waals surface area contributed by atoms with Gasteiger partial charge in [0, 0.05) is 17.5 Å². The van der Waals surface area contributed by atoms with Gasteiger partial charge in [-0.1, -0.05) is 23.2 Å². The van der Waals surface area contributed by atoms with Crippen LogP contribution in [0.25, 0.3) is 11.5 Å². The molecule has 0 amide bonds. The summed E-state index contributed by atoms with van der Waals surface area (Å²) in [5, 5.41) is 12.5. The number of nitrogens with zero attached hydrogens (tertiary/aromatic N) is 2. The standard InChI is InChI=1S/C15H19Cl2N3O/c1-15(2,3)18-8-4-5-13-19-20-14(21-13)10-6-7-11(16)12(17)9-10/h6-7,9,18H,4-5,8H2,1-3H3. The molecule has 0 aliphatic rings. The number of halogens is 2. The molecule has 21 heavy (non-hydrogen) atoms. The highest BCUT2D eigenvalue weighted by molar-refractivity contribution is 6.42. The first-order valence-electron chi connectivity index (χ1n) is 6.88. The van der Waals surface area contributed by atoms with Crippen molar-refractivity contribution in [2.75, 3.05) is 6.54 Å². The molecule has 0 aliphatic heterocycles. The van der Waals surface area contributed by atoms with Crippen LogP contribution in [0.5, 0.6) is 0 Å². The van der Waals surface area contributed by atoms with E-state index >= 15 is 0 Å². The van der Waals surface area contributed by atoms with Crippen molar-refractivity contribution in [1.29, 1.82) is 0 Å². The van der Waals surface area contributed by atoms with Gasteiger partial charge in [0.25, 0.3) is 0 Å². The molecule has 1 aromatic carbocycles. The lowest BCUT2D eigenvalue weighted by Gasteiger charge is -2.19. The Morgan fingerprint density at radius 1 is 1.14 bits per heavy atom. The molecule has 1 N–H and O–H groups in total. The Bertz CT molecular complexity index is 605. The third kappa shape index (κ3) is 4.99. The molecule has 0 atom stereocenters. The quantitative estimate of drug-likeness (QED) is 0.829. The van der Waals surface area contributed by atoms with E-state index in [9.17, 15) is 0 Å². The smallest absolute Gasteiger partial charge is 0.247 e. The Morgan fingerprint density at radius 3 is 2.57 bits per heavy atom. The van der Waals surface area contributed by atoms with Gasteiger partial charge in [-0.15, -0.1) is 10.2 Å². The molecular weight excluding hydrogens is 309 g/mol. The van der Waals surface area contributed by atoms with E-state index in [0.29, 0.717) is 21.8 Å². The predicted octanol–water partition coefficient (Wildman–Crippen LogP) is 4.36. The largest absolute Gasteiger partial charge is 0.421 e. The van der Waals surface area contributed by atoms with Crippen LogP contribution in [-0.2, 0) is 6.42 Å². The first-order valence-corrected chi connectivity index (χ1v) is 7.63. The highest BCUT2D eigenvalue weighted by Gasteiger charge is 2.11. The van der Waals surface area contributed by atoms with Crippen molar-refractivity contribution in [3.05, 3.63) is 34.1 Å². The summed E-state index contributed by atoms with van der Waals surface area (Å²) in [6, 6.07) is 5.26. The van der Waals surface area contributed by atoms with E-state index in [4.69, 9.17) is 27.6 Å². The number of aryl methyl sites for hydroxylation is 1. The van der Waals surface area contributed by atoms with Crippen LogP contribution in [0.4, 0.5) is 0 Å². The van der Waals surface area contributed by atoms with Crippen molar-refractivity contribution in [2.45, 2.75) is 39.2 Å². The molecule has 0 bridgehead atoms. The molecule has 1 heterocycles. The summed E-state index contributed by atoms with van der Waals surface area (Å²) in [5.41, 5.74) is 0.899. The van der Waals surface area contributed by atoms with Crippen LogP contribution in [0.15, 0.2) is 22.6 Å². The zero-order valence-corrected chi connectivity index (χ0v) is 13.9. The van der Waals surface area contributed by atoms with Gasteiger partial charge in [0.1, 0.15) is 0 Å². The maximum Gasteiger partial charge on any atom is 0.247 e. The number of hydrogen-bond donors (Lipinski definition) is 1. The molecule has 1 aromatic heterocycles. The summed E-state index contributed by atoms with van der Waals surface area (Å²) in [7, 11) is 0. The molecule has 0 saturated heterocycles. The SMILES string of the molecule is CC(C)(C)NCCCc1nnc(-c2ccc(Cl)c(Cl)c2)o1. The normalized spacial score (nSPS) is 11.9. The third-order valence-electron chi connectivity index (χ3n) is 2.86. The summed E-state index contributed by atoms with van der Waals surface area (Å²) in [5.74, 6) is 1.10. The Morgan fingerprint density at radius 2 is 1.90 bits per heavy atom. The average molecular weight is 328 g/mol. The third-order valence-corrected chi connectivity index (χ3v) is 3.60. The molecule has 0 saturated carbocycles. The van der Waals surface area contributed by atoms with Gasteiger partial charge in [-0.2, -0.15) is 0 Å². The lowest BCUT2D eigenvalue weighted by Crippen LogP contribution is -2.36. The van der Waals surface area contributed by atoms with E-state index < -0.39 is 0 Å². The van der Waals surface area contributed by atoms with Crippen LogP contribution in [0.2, 0.25) is 10.0 Å². The molecule has 0 spiro atoms. The maximum absolute atomic E-state index is 5.99. The van der Waals surface area contributed by atoms with Crippen molar-refractivity contribution in [1.82, 2.24) is 15.5 Å². The Hall–Kier alpha value is -1.10. The summed E-state index contributed by atoms with van der Waals surface area (Å²) >= 11 is 11.9. The lowest BCUT2D eigenvalue weighted by atomic mass is 10.1. The Labute approximate surface area is 134 Å². The average Bonchev–Trinajstić information content (AvgIpc) is 2.86. The fraction of sp³-hybridized carbons (Fsp3) is 0.467. The second-order valence-electron chi connectivity index (χ2n) is 5.91. The fourth-order valence-corrected chi connectivity index (χ4v) is 2.10. The van der Waals surface area contributed by atoms with E-state index in [2.05, 4.69) is 36.3 Å². The molecule has 2 aromatic rings. The maximum atomic E-state index is 5.99. The first kappa shape index (κ1) is 16.3. The zero-order chi connectivity index (χ0) is 15.5. The van der Waals surface area contributed by atoms with Crippen molar-refractivity contribution in [3.63, 3.8) is 0 Å². The number of aromatic nitrogens is 2. The second kappa shape index (κ2) is 6.77. The van der Waals surface area contributed by atoms with Gasteiger partial charge in [0.05, 0.1) is 10.0 Å². The zero-order valence-electron chi connectivity index (χ0n) is 12.4. The highest BCUT2D eigenvalue weighted by Crippen LogP contribution is 2.27. The van der Waals surface area contributed by atoms with E-state index in [1.54, 1.807) is 12.1 Å². The molecule has 0 aliphatic carbocycles.